The summed E-state index contributed by atoms with van der Waals surface area (Å²) < 4.78 is 330. The number of esters is 1. The lowest BCUT2D eigenvalue weighted by Gasteiger charge is -2.14. The number of anilines is 1. The summed E-state index contributed by atoms with van der Waals surface area (Å²) in [6.07, 6.45) is -21.1. The first-order valence-electron chi connectivity index (χ1n) is 37.4. The van der Waals surface area contributed by atoms with Crippen molar-refractivity contribution in [1.29, 1.82) is 0 Å². The minimum atomic E-state index is -4.46. The summed E-state index contributed by atoms with van der Waals surface area (Å²) in [5.74, 6) is -1.90. The SMILES string of the molecule is CNS(=O)(=O)c1ccc(Cc2ccc(C(F)(F)F)cc2)c(-c2nnc(N)o2)c1.CNS(=O)(=O)c1ccc(Cc2ccc(C(F)(F)F)cc2)c(Br)c1.CNS(=O)(=O)c1ccc(Cc2ccc(C(F)(F)F)cc2)c(C(=O)CN)c1.CNS(=O)(=O)c1ccc(Cc2ccc(C(F)(F)F)cc2)c(C(=O)NNC(N)=S)c1.CNS(=O)(=O)c1ccc(Cc2ccc(C(F)(F)F)cc2)c(C(=O)OC)c1. The highest BCUT2D eigenvalue weighted by Crippen LogP contribution is 2.37. The zero-order valence-electron chi connectivity index (χ0n) is 69.2. The van der Waals surface area contributed by atoms with Crippen molar-refractivity contribution in [1.82, 2.24) is 44.7 Å². The van der Waals surface area contributed by atoms with Crippen LogP contribution in [0.3, 0.4) is 0 Å². The van der Waals surface area contributed by atoms with Crippen LogP contribution < -0.4 is 51.7 Å². The van der Waals surface area contributed by atoms with Crippen molar-refractivity contribution in [3.63, 3.8) is 0 Å². The number of amides is 1. The van der Waals surface area contributed by atoms with Crippen molar-refractivity contribution in [3.8, 4) is 11.5 Å². The third kappa shape index (κ3) is 30.2. The Morgan fingerprint density at radius 2 is 0.644 bits per heavy atom. The van der Waals surface area contributed by atoms with Gasteiger partial charge in [0, 0.05) is 21.2 Å². The molecule has 11 rings (SSSR count). The number of carbonyl (C=O) groups is 3. The number of halogens is 16. The molecule has 0 bridgehead atoms. The minimum absolute atomic E-state index is 0.00700. The average Bonchev–Trinajstić information content (AvgIpc) is 1.44. The summed E-state index contributed by atoms with van der Waals surface area (Å²) in [5.41, 5.74) is 22.8. The molecule has 0 fully saturated rings. The molecule has 0 aliphatic rings. The van der Waals surface area contributed by atoms with Gasteiger partial charge in [-0.05, 0) is 257 Å². The van der Waals surface area contributed by atoms with Crippen molar-refractivity contribution >= 4 is 107 Å². The topological polar surface area (TPSA) is 432 Å². The quantitative estimate of drug-likeness (QED) is 0.00835. The van der Waals surface area contributed by atoms with Gasteiger partial charge in [-0.2, -0.15) is 65.9 Å². The molecule has 0 atom stereocenters. The molecule has 0 saturated carbocycles. The van der Waals surface area contributed by atoms with Crippen LogP contribution in [0.5, 0.6) is 0 Å². The number of hydrogen-bond donors (Lipinski definition) is 10. The van der Waals surface area contributed by atoms with Crippen molar-refractivity contribution in [3.05, 3.63) is 317 Å². The Morgan fingerprint density at radius 1 is 0.379 bits per heavy atom. The number of hydrazine groups is 1. The number of benzene rings is 10. The number of nitrogens with two attached hydrogens (primary N) is 3. The van der Waals surface area contributed by atoms with Crippen LogP contribution >= 0.6 is 28.1 Å². The van der Waals surface area contributed by atoms with Gasteiger partial charge in [-0.15, -0.1) is 5.10 Å². The van der Waals surface area contributed by atoms with E-state index >= 15 is 0 Å². The second-order valence-electron chi connectivity index (χ2n) is 27.4. The number of nitrogens with one attached hydrogen (secondary N) is 7. The number of alkyl halides is 15. The molecule has 1 aromatic heterocycles. The fraction of sp³-hybridized carbons (Fsp3) is 0.205. The highest BCUT2D eigenvalue weighted by Gasteiger charge is 2.35. The lowest BCUT2D eigenvalue weighted by atomic mass is 9.96. The monoisotopic (exact) mass is 2040 g/mol. The van der Waals surface area contributed by atoms with Gasteiger partial charge in [0.25, 0.3) is 5.91 Å². The van der Waals surface area contributed by atoms with E-state index in [1.807, 2.05) is 0 Å². The fourth-order valence-electron chi connectivity index (χ4n) is 11.7. The molecule has 0 saturated heterocycles. The van der Waals surface area contributed by atoms with E-state index in [1.165, 1.54) is 175 Å². The maximum absolute atomic E-state index is 12.7. The van der Waals surface area contributed by atoms with E-state index in [0.29, 0.717) is 66.5 Å². The number of aromatic nitrogens is 2. The van der Waals surface area contributed by atoms with Gasteiger partial charge in [-0.3, -0.25) is 20.4 Å². The number of sulfonamides is 5. The molecule has 132 heavy (non-hydrogen) atoms. The number of Topliss-reactive ketones (excluding diaryl/α,β-unsaturated/α-hetero) is 1. The minimum Gasteiger partial charge on any atom is -0.465 e. The molecule has 11 aromatic rings. The van der Waals surface area contributed by atoms with Crippen LogP contribution in [-0.2, 0) is 118 Å². The van der Waals surface area contributed by atoms with Gasteiger partial charge in [0.05, 0.1) is 71.5 Å². The van der Waals surface area contributed by atoms with Crippen LogP contribution in [0.15, 0.2) is 246 Å². The standard InChI is InChI=1S/C17H17F3N4O3S2.C17H15F3N4O3S.C17H17F3N2O3S.C17H16F3NO4S.C15H13BrF3NO2S/c1-22-29(26,27)13-7-4-11(14(9-13)15(25)23-24-16(21)28)8-10-2-5-12(6-3-10)17(18,19)20;1-22-28(25,26)13-7-4-11(14(9-13)15-23-24-16(21)27-15)8-10-2-5-12(6-3-10)17(18,19)20;1-22-26(24,25)14-7-4-12(15(9-14)16(23)10-21)8-11-2-5-13(6-3-11)17(18,19)20;1-21-26(23,24)14-8-5-12(15(10-14)16(22)25-2)9-11-3-6-13(7-4-11)17(18,19)20;1-20-23(21,22)13-7-4-11(14(16)9-13)8-10-2-5-12(6-3-10)15(17,18)19/h2-7,9,22H,8H2,1H3,(H,23,25)(H3,21,24,28);2-7,9,22H,8H2,1H3,(H2,21,24);2-7,9,22H,8,10,21H2,1H3;3-8,10,21H,9H2,1-2H3;2-7,9,20H,8H2,1H3. The molecule has 49 heteroatoms. The Bertz CT molecular complexity index is 6410. The highest BCUT2D eigenvalue weighted by atomic mass is 79.9. The first-order chi connectivity index (χ1) is 61.3. The lowest BCUT2D eigenvalue weighted by molar-refractivity contribution is -0.138. The van der Waals surface area contributed by atoms with Crippen LogP contribution in [0.25, 0.3) is 11.5 Å². The van der Waals surface area contributed by atoms with Crippen LogP contribution in [-0.4, -0.2) is 124 Å². The summed E-state index contributed by atoms with van der Waals surface area (Å²) in [4.78, 5) is 36.3. The summed E-state index contributed by atoms with van der Waals surface area (Å²) in [7, 11) is -11.1. The van der Waals surface area contributed by atoms with Gasteiger partial charge in [0.1, 0.15) is 0 Å². The third-order valence-corrected chi connectivity index (χ3v) is 26.6. The van der Waals surface area contributed by atoms with Crippen LogP contribution in [0.2, 0.25) is 0 Å². The predicted molar refractivity (Wildman–Crippen MR) is 462 cm³/mol. The van der Waals surface area contributed by atoms with Crippen molar-refractivity contribution in [2.75, 3.05) is 54.6 Å². The molecule has 27 nitrogen and oxygen atoms in total. The van der Waals surface area contributed by atoms with Crippen molar-refractivity contribution in [2.45, 2.75) is 87.5 Å². The number of ketones is 1. The third-order valence-electron chi connectivity index (χ3n) is 18.7. The van der Waals surface area contributed by atoms with E-state index in [4.69, 9.17) is 21.6 Å². The zero-order valence-corrected chi connectivity index (χ0v) is 75.7. The number of nitrogen functional groups attached to an aromatic ring is 1. The van der Waals surface area contributed by atoms with E-state index < -0.39 is 126 Å². The molecule has 708 valence electrons. The molecule has 0 spiro atoms. The number of hydrogen-bond acceptors (Lipinski definition) is 20. The molecule has 0 aliphatic heterocycles. The Morgan fingerprint density at radius 3 is 0.924 bits per heavy atom. The van der Waals surface area contributed by atoms with Gasteiger partial charge >= 0.3 is 42.9 Å². The van der Waals surface area contributed by atoms with E-state index in [9.17, 15) is 122 Å². The van der Waals surface area contributed by atoms with E-state index in [1.54, 1.807) is 6.07 Å². The molecule has 1 heterocycles. The van der Waals surface area contributed by atoms with Gasteiger partial charge in [-0.1, -0.05) is 112 Å². The summed E-state index contributed by atoms with van der Waals surface area (Å²) in [6, 6.07) is 43.5. The predicted octanol–water partition coefficient (Wildman–Crippen LogP) is 13.8. The van der Waals surface area contributed by atoms with Gasteiger partial charge < -0.3 is 26.4 Å². The van der Waals surface area contributed by atoms with Crippen LogP contribution in [0, 0.1) is 0 Å². The molecule has 13 N–H and O–H groups in total. The van der Waals surface area contributed by atoms with Gasteiger partial charge in [-0.25, -0.2) is 70.5 Å². The number of rotatable bonds is 25. The maximum atomic E-state index is 12.7. The fourth-order valence-corrected chi connectivity index (χ4v) is 16.2. The molecular weight excluding hydrogens is 1960 g/mol. The molecule has 10 aromatic carbocycles. The number of carbonyl (C=O) groups excluding carboxylic acids is 3. The van der Waals surface area contributed by atoms with Gasteiger partial charge in [0.2, 0.25) is 56.0 Å². The van der Waals surface area contributed by atoms with Crippen LogP contribution in [0.4, 0.5) is 71.9 Å². The number of methoxy groups -OCH3 is 1. The Hall–Kier alpha value is -11.6. The van der Waals surface area contributed by atoms with E-state index in [0.717, 1.165) is 79.4 Å². The molecule has 0 unspecified atom stereocenters. The Kier molecular flexibility index (Phi) is 36.4. The molecule has 1 amide bonds. The first-order valence-corrected chi connectivity index (χ1v) is 46.0. The van der Waals surface area contributed by atoms with Gasteiger partial charge in [0.15, 0.2) is 10.9 Å². The van der Waals surface area contributed by atoms with Crippen molar-refractivity contribution in [2.24, 2.45) is 11.5 Å². The Balaban J connectivity index is 0.000000226. The normalized spacial score (nSPS) is 12.1. The smallest absolute Gasteiger partial charge is 0.416 e. The molecule has 0 radical (unpaired) electrons. The van der Waals surface area contributed by atoms with E-state index in [-0.39, 0.29) is 90.4 Å². The molecular formula is C83H78BrF15N12O15S6. The lowest BCUT2D eigenvalue weighted by Crippen LogP contribution is -2.44. The summed E-state index contributed by atoms with van der Waals surface area (Å²) >= 11 is 7.90. The zero-order chi connectivity index (χ0) is 98.7. The first kappa shape index (κ1) is 107. The number of nitrogens with zero attached hydrogens (tertiary/aromatic N) is 2. The Labute approximate surface area is 760 Å². The largest absolute Gasteiger partial charge is 0.465 e. The molecule has 0 aliphatic carbocycles. The summed E-state index contributed by atoms with van der Waals surface area (Å²) in [5, 5.41) is 7.13. The number of ether oxygens (including phenoxy) is 1. The van der Waals surface area contributed by atoms with E-state index in [2.05, 4.69) is 77.5 Å². The maximum Gasteiger partial charge on any atom is 0.416 e. The second-order valence-corrected chi connectivity index (χ2v) is 38.2. The number of thiocarbonyl (C=S) groups is 1. The van der Waals surface area contributed by atoms with Crippen molar-refractivity contribution < 1.29 is 131 Å². The van der Waals surface area contributed by atoms with Crippen LogP contribution in [0.1, 0.15) is 115 Å². The summed E-state index contributed by atoms with van der Waals surface area (Å²) in [6.45, 7) is -0.316. The highest BCUT2D eigenvalue weighted by molar-refractivity contribution is 9.10. The second kappa shape index (κ2) is 44.7. The average molecular weight is 2040 g/mol.